The van der Waals surface area contributed by atoms with Gasteiger partial charge in [-0.05, 0) is 30.5 Å². The van der Waals surface area contributed by atoms with Crippen LogP contribution in [0.25, 0.3) is 0 Å². The van der Waals surface area contributed by atoms with Gasteiger partial charge in [0.05, 0.1) is 12.3 Å². The van der Waals surface area contributed by atoms with E-state index in [0.29, 0.717) is 18.7 Å². The third-order valence-corrected chi connectivity index (χ3v) is 6.10. The van der Waals surface area contributed by atoms with Gasteiger partial charge < -0.3 is 14.0 Å². The maximum absolute atomic E-state index is 12.4. The number of benzene rings is 1. The number of likely N-dealkylation sites (tertiary alicyclic amines) is 1. The molecule has 4 rings (SSSR count). The Morgan fingerprint density at radius 1 is 1.07 bits per heavy atom. The van der Waals surface area contributed by atoms with Crippen LogP contribution in [0.5, 0.6) is 0 Å². The zero-order valence-corrected chi connectivity index (χ0v) is 16.9. The maximum atomic E-state index is 12.4. The first kappa shape index (κ1) is 18.8. The molecule has 28 heavy (non-hydrogen) atoms. The Balaban J connectivity index is 1.54. The lowest BCUT2D eigenvalue weighted by Gasteiger charge is -2.15. The van der Waals surface area contributed by atoms with Crippen LogP contribution in [0.15, 0.2) is 53.8 Å². The fourth-order valence-corrected chi connectivity index (χ4v) is 4.37. The van der Waals surface area contributed by atoms with Crippen molar-refractivity contribution >= 4 is 17.7 Å². The monoisotopic (exact) mass is 395 g/mol. The molecule has 1 aromatic carbocycles. The van der Waals surface area contributed by atoms with Crippen molar-refractivity contribution in [2.45, 2.75) is 31.0 Å². The van der Waals surface area contributed by atoms with E-state index < -0.39 is 0 Å². The molecule has 1 fully saturated rings. The molecule has 0 unspecified atom stereocenters. The van der Waals surface area contributed by atoms with E-state index in [-0.39, 0.29) is 5.91 Å². The molecule has 1 aliphatic heterocycles. The van der Waals surface area contributed by atoms with Crippen LogP contribution < -0.4 is 0 Å². The molecule has 1 amide bonds. The summed E-state index contributed by atoms with van der Waals surface area (Å²) in [6, 6.07) is 14.5. The third kappa shape index (κ3) is 4.30. The molecule has 0 N–H and O–H groups in total. The van der Waals surface area contributed by atoms with E-state index in [1.165, 1.54) is 23.0 Å². The summed E-state index contributed by atoms with van der Waals surface area (Å²) in [6.45, 7) is 2.47. The Morgan fingerprint density at radius 3 is 2.57 bits per heavy atom. The Labute approximate surface area is 169 Å². The fraction of sp³-hybridized carbons (Fsp3) is 0.381. The number of rotatable bonds is 7. The molecule has 146 valence electrons. The van der Waals surface area contributed by atoms with Gasteiger partial charge in [-0.3, -0.25) is 4.79 Å². The molecule has 0 spiro atoms. The molecule has 3 heterocycles. The van der Waals surface area contributed by atoms with E-state index >= 15 is 0 Å². The summed E-state index contributed by atoms with van der Waals surface area (Å²) in [5, 5.41) is 9.68. The van der Waals surface area contributed by atoms with E-state index in [2.05, 4.69) is 37.5 Å². The van der Waals surface area contributed by atoms with Gasteiger partial charge in [0.1, 0.15) is 5.82 Å². The number of carbonyl (C=O) groups is 1. The van der Waals surface area contributed by atoms with E-state index in [4.69, 9.17) is 0 Å². The molecule has 0 atom stereocenters. The first-order valence-electron chi connectivity index (χ1n) is 9.67. The first-order valence-corrected chi connectivity index (χ1v) is 10.7. The normalized spacial score (nSPS) is 14.0. The number of amides is 1. The highest BCUT2D eigenvalue weighted by molar-refractivity contribution is 7.99. The molecule has 0 saturated carbocycles. The Hall–Kier alpha value is -2.54. The summed E-state index contributed by atoms with van der Waals surface area (Å²) >= 11 is 1.49. The Bertz CT molecular complexity index is 927. The van der Waals surface area contributed by atoms with Gasteiger partial charge in [-0.1, -0.05) is 42.1 Å². The van der Waals surface area contributed by atoms with E-state index in [0.717, 1.165) is 36.9 Å². The second-order valence-corrected chi connectivity index (χ2v) is 8.08. The number of hydrogen-bond acceptors (Lipinski definition) is 4. The van der Waals surface area contributed by atoms with Crippen molar-refractivity contribution in [3.05, 3.63) is 65.7 Å². The maximum Gasteiger partial charge on any atom is 0.233 e. The number of hydrogen-bond donors (Lipinski definition) is 0. The zero-order chi connectivity index (χ0) is 19.3. The number of aromatic nitrogens is 4. The van der Waals surface area contributed by atoms with Crippen molar-refractivity contribution in [1.82, 2.24) is 24.2 Å². The van der Waals surface area contributed by atoms with Crippen LogP contribution in [0.1, 0.15) is 29.9 Å². The third-order valence-electron chi connectivity index (χ3n) is 5.15. The van der Waals surface area contributed by atoms with Crippen molar-refractivity contribution in [2.75, 3.05) is 18.8 Å². The quantitative estimate of drug-likeness (QED) is 0.577. The van der Waals surface area contributed by atoms with Gasteiger partial charge >= 0.3 is 0 Å². The summed E-state index contributed by atoms with van der Waals surface area (Å²) in [7, 11) is 2.04. The van der Waals surface area contributed by atoms with Crippen LogP contribution in [0.3, 0.4) is 0 Å². The number of thioether (sulfide) groups is 1. The van der Waals surface area contributed by atoms with E-state index in [1.807, 2.05) is 42.4 Å². The van der Waals surface area contributed by atoms with Crippen LogP contribution in [0.2, 0.25) is 0 Å². The molecule has 0 bridgehead atoms. The molecule has 2 aromatic heterocycles. The lowest BCUT2D eigenvalue weighted by Crippen LogP contribution is -2.29. The largest absolute Gasteiger partial charge is 0.354 e. The number of aryl methyl sites for hydroxylation is 1. The number of carbonyl (C=O) groups excluding carboxylic acids is 1. The predicted octanol–water partition coefficient (Wildman–Crippen LogP) is 2.97. The summed E-state index contributed by atoms with van der Waals surface area (Å²) in [6.07, 6.45) is 4.98. The molecular formula is C21H25N5OS. The smallest absolute Gasteiger partial charge is 0.233 e. The highest BCUT2D eigenvalue weighted by Gasteiger charge is 2.20. The highest BCUT2D eigenvalue weighted by atomic mass is 32.2. The van der Waals surface area contributed by atoms with Crippen molar-refractivity contribution in [3.8, 4) is 0 Å². The average molecular weight is 396 g/mol. The first-order chi connectivity index (χ1) is 13.7. The van der Waals surface area contributed by atoms with Gasteiger partial charge in [-0.15, -0.1) is 10.2 Å². The average Bonchev–Trinajstić information content (AvgIpc) is 3.45. The van der Waals surface area contributed by atoms with Crippen molar-refractivity contribution in [1.29, 1.82) is 0 Å². The van der Waals surface area contributed by atoms with Crippen LogP contribution in [-0.2, 0) is 24.8 Å². The standard InChI is InChI=1S/C21H25N5OS/c1-24-11-7-10-18(24)14-19-22-23-21(26(19)15-17-8-3-2-4-9-17)28-16-20(27)25-12-5-6-13-25/h2-4,7-11H,5-6,12-16H2,1H3. The van der Waals surface area contributed by atoms with E-state index in [9.17, 15) is 4.79 Å². The number of nitrogens with zero attached hydrogens (tertiary/aromatic N) is 5. The minimum absolute atomic E-state index is 0.195. The summed E-state index contributed by atoms with van der Waals surface area (Å²) in [5.41, 5.74) is 2.38. The van der Waals surface area contributed by atoms with Gasteiger partial charge in [0, 0.05) is 38.4 Å². The van der Waals surface area contributed by atoms with Crippen molar-refractivity contribution < 1.29 is 4.79 Å². The second kappa shape index (κ2) is 8.65. The molecule has 1 aliphatic rings. The van der Waals surface area contributed by atoms with Crippen LogP contribution in [0.4, 0.5) is 0 Å². The molecule has 0 radical (unpaired) electrons. The minimum atomic E-state index is 0.195. The predicted molar refractivity (Wildman–Crippen MR) is 110 cm³/mol. The topological polar surface area (TPSA) is 56.0 Å². The van der Waals surface area contributed by atoms with Gasteiger partial charge in [-0.2, -0.15) is 0 Å². The van der Waals surface area contributed by atoms with Gasteiger partial charge in [-0.25, -0.2) is 0 Å². The highest BCUT2D eigenvalue weighted by Crippen LogP contribution is 2.22. The molecule has 0 aliphatic carbocycles. The summed E-state index contributed by atoms with van der Waals surface area (Å²) < 4.78 is 4.25. The Kier molecular flexibility index (Phi) is 5.81. The zero-order valence-electron chi connectivity index (χ0n) is 16.1. The van der Waals surface area contributed by atoms with Crippen molar-refractivity contribution in [2.24, 2.45) is 7.05 Å². The summed E-state index contributed by atoms with van der Waals surface area (Å²) in [5.74, 6) is 1.53. The second-order valence-electron chi connectivity index (χ2n) is 7.13. The fourth-order valence-electron chi connectivity index (χ4n) is 3.51. The molecule has 6 nitrogen and oxygen atoms in total. The summed E-state index contributed by atoms with van der Waals surface area (Å²) in [4.78, 5) is 14.4. The van der Waals surface area contributed by atoms with Gasteiger partial charge in [0.2, 0.25) is 5.91 Å². The van der Waals surface area contributed by atoms with E-state index in [1.54, 1.807) is 0 Å². The lowest BCUT2D eigenvalue weighted by atomic mass is 10.2. The van der Waals surface area contributed by atoms with Gasteiger partial charge in [0.25, 0.3) is 0 Å². The van der Waals surface area contributed by atoms with Crippen LogP contribution in [0, 0.1) is 0 Å². The molecule has 7 heteroatoms. The Morgan fingerprint density at radius 2 is 1.86 bits per heavy atom. The van der Waals surface area contributed by atoms with Crippen LogP contribution in [-0.4, -0.2) is 49.0 Å². The van der Waals surface area contributed by atoms with Crippen LogP contribution >= 0.6 is 11.8 Å². The molecular weight excluding hydrogens is 370 g/mol. The SMILES string of the molecule is Cn1cccc1Cc1nnc(SCC(=O)N2CCCC2)n1Cc1ccccc1. The lowest BCUT2D eigenvalue weighted by molar-refractivity contribution is -0.127. The van der Waals surface area contributed by atoms with Crippen molar-refractivity contribution in [3.63, 3.8) is 0 Å². The minimum Gasteiger partial charge on any atom is -0.354 e. The molecule has 1 saturated heterocycles. The van der Waals surface area contributed by atoms with Gasteiger partial charge in [0.15, 0.2) is 5.16 Å². The molecule has 3 aromatic rings.